The summed E-state index contributed by atoms with van der Waals surface area (Å²) in [5.41, 5.74) is 0.257. The molecule has 5 fully saturated rings. The van der Waals surface area contributed by atoms with Crippen molar-refractivity contribution in [1.82, 2.24) is 0 Å². The zero-order valence-electron chi connectivity index (χ0n) is 36.6. The van der Waals surface area contributed by atoms with Gasteiger partial charge in [-0.1, -0.05) is 60.6 Å². The van der Waals surface area contributed by atoms with Gasteiger partial charge in [-0.05, 0) is 81.4 Å². The first-order valence-electron chi connectivity index (χ1n) is 22.0. The van der Waals surface area contributed by atoms with Crippen LogP contribution in [0.1, 0.15) is 129 Å². The fourth-order valence-corrected chi connectivity index (χ4v) is 11.4. The second kappa shape index (κ2) is 17.8. The Bertz CT molecular complexity index is 1570. The van der Waals surface area contributed by atoms with Crippen LogP contribution in [0.15, 0.2) is 24.3 Å². The quantitative estimate of drug-likeness (QED) is 0.184. The van der Waals surface area contributed by atoms with Crippen molar-refractivity contribution < 1.29 is 58.1 Å². The number of aliphatic hydroxyl groups excluding tert-OH is 2. The van der Waals surface area contributed by atoms with Gasteiger partial charge in [-0.15, -0.1) is 0 Å². The lowest BCUT2D eigenvalue weighted by molar-refractivity contribution is -0.336. The van der Waals surface area contributed by atoms with Crippen LogP contribution in [0.25, 0.3) is 0 Å². The topological polar surface area (TPSA) is 159 Å². The van der Waals surface area contributed by atoms with Crippen LogP contribution in [0.4, 0.5) is 0 Å². The van der Waals surface area contributed by atoms with Gasteiger partial charge in [0.1, 0.15) is 5.78 Å². The summed E-state index contributed by atoms with van der Waals surface area (Å²) in [4.78, 5) is 25.4. The molecule has 1 spiro atoms. The van der Waals surface area contributed by atoms with Gasteiger partial charge in [0.2, 0.25) is 0 Å². The molecule has 6 rings (SSSR count). The number of aliphatic hydroxyl groups is 3. The number of methoxy groups -OCH3 is 2. The van der Waals surface area contributed by atoms with Gasteiger partial charge in [0, 0.05) is 50.0 Å². The van der Waals surface area contributed by atoms with E-state index in [1.54, 1.807) is 19.2 Å². The smallest absolute Gasteiger partial charge is 0.337 e. The molecule has 0 bridgehead atoms. The van der Waals surface area contributed by atoms with E-state index in [0.717, 1.165) is 37.7 Å². The Morgan fingerprint density at radius 3 is 2.31 bits per heavy atom. The number of benzene rings is 1. The van der Waals surface area contributed by atoms with Crippen LogP contribution in [-0.2, 0) is 44.4 Å². The van der Waals surface area contributed by atoms with Crippen LogP contribution in [-0.4, -0.2) is 113 Å². The monoisotopic (exact) mass is 817 g/mol. The lowest BCUT2D eigenvalue weighted by Gasteiger charge is -2.49. The van der Waals surface area contributed by atoms with Gasteiger partial charge < -0.3 is 48.5 Å². The van der Waals surface area contributed by atoms with Crippen molar-refractivity contribution in [1.29, 1.82) is 0 Å². The van der Waals surface area contributed by atoms with Crippen molar-refractivity contribution in [3.63, 3.8) is 0 Å². The molecule has 5 aliphatic rings. The van der Waals surface area contributed by atoms with E-state index in [-0.39, 0.29) is 59.8 Å². The fourth-order valence-electron chi connectivity index (χ4n) is 11.4. The number of aryl methyl sites for hydroxylation is 1. The molecule has 3 N–H and O–H groups in total. The molecule has 0 aliphatic carbocycles. The number of carbonyl (C=O) groups is 2. The average molecular weight is 817 g/mol. The van der Waals surface area contributed by atoms with E-state index in [1.165, 1.54) is 7.11 Å². The number of rotatable bonds is 14. The molecule has 5 heterocycles. The normalized spacial score (nSPS) is 43.3. The van der Waals surface area contributed by atoms with Crippen LogP contribution in [0.5, 0.6) is 0 Å². The van der Waals surface area contributed by atoms with Crippen LogP contribution < -0.4 is 0 Å². The predicted molar refractivity (Wildman–Crippen MR) is 216 cm³/mol. The molecule has 0 aromatic heterocycles. The zero-order chi connectivity index (χ0) is 42.4. The summed E-state index contributed by atoms with van der Waals surface area (Å²) < 4.78 is 45.1. The molecule has 1 aromatic carbocycles. The third kappa shape index (κ3) is 8.71. The third-order valence-electron chi connectivity index (χ3n) is 15.2. The highest BCUT2D eigenvalue weighted by Gasteiger charge is 2.62. The Balaban J connectivity index is 1.09. The van der Waals surface area contributed by atoms with E-state index in [1.807, 2.05) is 39.8 Å². The Hall–Kier alpha value is -2.00. The summed E-state index contributed by atoms with van der Waals surface area (Å²) >= 11 is 0. The SMILES string of the molecule is CCC1(C2OC(C3OC(O)(CO)C(C)CC3C)CC2C)CCC(C2(C)CCC3(CC(O)C(C)C(C(C)C(OC)C(C)C(=O)CCc4ccc(C(=O)OC)cc4)O3)O2)O1. The highest BCUT2D eigenvalue weighted by molar-refractivity contribution is 5.89. The lowest BCUT2D eigenvalue weighted by Crippen LogP contribution is -2.57. The average Bonchev–Trinajstić information content (AvgIpc) is 3.93. The molecule has 5 saturated heterocycles. The van der Waals surface area contributed by atoms with E-state index >= 15 is 0 Å². The van der Waals surface area contributed by atoms with Crippen LogP contribution in [0.2, 0.25) is 0 Å². The van der Waals surface area contributed by atoms with Gasteiger partial charge in [-0.25, -0.2) is 4.79 Å². The first kappa shape index (κ1) is 45.5. The van der Waals surface area contributed by atoms with Crippen molar-refractivity contribution in [2.24, 2.45) is 35.5 Å². The Morgan fingerprint density at radius 1 is 0.966 bits per heavy atom. The van der Waals surface area contributed by atoms with Crippen molar-refractivity contribution in [2.45, 2.75) is 185 Å². The summed E-state index contributed by atoms with van der Waals surface area (Å²) in [7, 11) is 2.98. The van der Waals surface area contributed by atoms with E-state index in [9.17, 15) is 24.9 Å². The minimum absolute atomic E-state index is 0.0749. The maximum absolute atomic E-state index is 13.6. The summed E-state index contributed by atoms with van der Waals surface area (Å²) in [6.45, 7) is 16.0. The highest BCUT2D eigenvalue weighted by atomic mass is 16.7. The van der Waals surface area contributed by atoms with E-state index in [2.05, 4.69) is 27.7 Å². The van der Waals surface area contributed by atoms with Crippen LogP contribution in [0.3, 0.4) is 0 Å². The van der Waals surface area contributed by atoms with Gasteiger partial charge in [0.15, 0.2) is 11.6 Å². The molecule has 0 radical (unpaired) electrons. The maximum atomic E-state index is 13.6. The molecular weight excluding hydrogens is 744 g/mol. The molecule has 12 heteroatoms. The molecule has 58 heavy (non-hydrogen) atoms. The minimum atomic E-state index is -1.57. The maximum Gasteiger partial charge on any atom is 0.337 e. The van der Waals surface area contributed by atoms with Gasteiger partial charge in [-0.3, -0.25) is 4.79 Å². The summed E-state index contributed by atoms with van der Waals surface area (Å²) in [5, 5.41) is 32.6. The number of hydrogen-bond acceptors (Lipinski definition) is 12. The van der Waals surface area contributed by atoms with Gasteiger partial charge in [0.25, 0.3) is 0 Å². The molecule has 328 valence electrons. The number of esters is 1. The molecular formula is C46H72O12. The largest absolute Gasteiger partial charge is 0.465 e. The van der Waals surface area contributed by atoms with E-state index in [0.29, 0.717) is 37.7 Å². The summed E-state index contributed by atoms with van der Waals surface area (Å²) in [5.74, 6) is -3.55. The number of ether oxygens (including phenoxy) is 7. The number of carbonyl (C=O) groups excluding carboxylic acids is 2. The fraction of sp³-hybridized carbons (Fsp3) is 0.826. The van der Waals surface area contributed by atoms with Gasteiger partial charge >= 0.3 is 5.97 Å². The molecule has 5 aliphatic heterocycles. The Kier molecular flexibility index (Phi) is 13.9. The molecule has 17 unspecified atom stereocenters. The first-order chi connectivity index (χ1) is 27.4. The standard InChI is InChI=1S/C46H72O12/c1-11-44(41-27(3)23-36(54-41)38-26(2)22-28(4)46(51,25-47)57-38)19-18-37(55-44)43(8)20-21-45(58-43)24-35(49)30(6)40(56-45)31(7)39(52-9)29(5)34(48)17-14-32-12-15-33(16-13-32)42(50)53-10/h12-13,15-16,26-31,35-41,47,49,51H,11,14,17-25H2,1-10H3. The lowest BCUT2D eigenvalue weighted by atomic mass is 9.77. The minimum Gasteiger partial charge on any atom is -0.465 e. The highest BCUT2D eigenvalue weighted by Crippen LogP contribution is 2.55. The molecule has 1 aromatic rings. The van der Waals surface area contributed by atoms with Crippen LogP contribution in [0, 0.1) is 35.5 Å². The van der Waals surface area contributed by atoms with Crippen molar-refractivity contribution >= 4 is 11.8 Å². The van der Waals surface area contributed by atoms with Crippen molar-refractivity contribution in [2.75, 3.05) is 20.8 Å². The Labute approximate surface area is 346 Å². The number of Topliss-reactive ketones (excluding diaryl/α,β-unsaturated/α-hetero) is 1. The predicted octanol–water partition coefficient (Wildman–Crippen LogP) is 6.18. The molecule has 0 amide bonds. The molecule has 12 nitrogen and oxygen atoms in total. The summed E-state index contributed by atoms with van der Waals surface area (Å²) in [6.07, 6.45) is 4.01. The van der Waals surface area contributed by atoms with Gasteiger partial charge in [0.05, 0.1) is 73.2 Å². The Morgan fingerprint density at radius 2 is 1.67 bits per heavy atom. The second-order valence-corrected chi connectivity index (χ2v) is 19.1. The molecule has 0 saturated carbocycles. The number of hydrogen-bond donors (Lipinski definition) is 3. The molecule has 17 atom stereocenters. The first-order valence-corrected chi connectivity index (χ1v) is 22.0. The second-order valence-electron chi connectivity index (χ2n) is 19.1. The van der Waals surface area contributed by atoms with Gasteiger partial charge in [-0.2, -0.15) is 0 Å². The third-order valence-corrected chi connectivity index (χ3v) is 15.2. The number of ketones is 1. The summed E-state index contributed by atoms with van der Waals surface area (Å²) in [6, 6.07) is 7.12. The van der Waals surface area contributed by atoms with E-state index < -0.39 is 59.6 Å². The van der Waals surface area contributed by atoms with Crippen LogP contribution >= 0.6 is 0 Å². The van der Waals surface area contributed by atoms with E-state index in [4.69, 9.17) is 33.2 Å². The van der Waals surface area contributed by atoms with Crippen molar-refractivity contribution in [3.05, 3.63) is 35.4 Å². The zero-order valence-corrected chi connectivity index (χ0v) is 36.6. The van der Waals surface area contributed by atoms with Crippen molar-refractivity contribution in [3.8, 4) is 0 Å².